The van der Waals surface area contributed by atoms with E-state index in [1.54, 1.807) is 4.90 Å². The Balaban J connectivity index is 1.45. The number of carbonyl (C=O) groups excluding carboxylic acids is 2. The number of amides is 2. The molecular formula is C18H24ClFN4O2. The van der Waals surface area contributed by atoms with Gasteiger partial charge in [-0.3, -0.25) is 14.5 Å². The van der Waals surface area contributed by atoms with E-state index in [2.05, 4.69) is 10.2 Å². The van der Waals surface area contributed by atoms with Gasteiger partial charge in [0.1, 0.15) is 5.82 Å². The van der Waals surface area contributed by atoms with Crippen molar-refractivity contribution >= 4 is 23.4 Å². The van der Waals surface area contributed by atoms with Crippen LogP contribution in [0.5, 0.6) is 0 Å². The van der Waals surface area contributed by atoms with E-state index in [4.69, 9.17) is 11.6 Å². The Morgan fingerprint density at radius 2 is 1.73 bits per heavy atom. The molecule has 142 valence electrons. The number of halogens is 2. The molecule has 2 heterocycles. The summed E-state index contributed by atoms with van der Waals surface area (Å²) in [6, 6.07) is 3.84. The third kappa shape index (κ3) is 4.72. The summed E-state index contributed by atoms with van der Waals surface area (Å²) in [5, 5.41) is 3.38. The Morgan fingerprint density at radius 3 is 2.38 bits per heavy atom. The fraction of sp³-hybridized carbons (Fsp3) is 0.556. The standard InChI is InChI=1S/C18H24ClFN4O2/c19-16-13-14(20)1-2-15(16)18(26)24-11-9-22(10-12-24)6-3-17(25)23-7-4-21-5-8-23/h1-2,13,21H,3-12H2. The highest BCUT2D eigenvalue weighted by Crippen LogP contribution is 2.20. The summed E-state index contributed by atoms with van der Waals surface area (Å²) in [5.74, 6) is -0.430. The van der Waals surface area contributed by atoms with Crippen LogP contribution >= 0.6 is 11.6 Å². The molecule has 6 nitrogen and oxygen atoms in total. The monoisotopic (exact) mass is 382 g/mol. The van der Waals surface area contributed by atoms with Gasteiger partial charge in [0.05, 0.1) is 10.6 Å². The lowest BCUT2D eigenvalue weighted by atomic mass is 10.1. The minimum Gasteiger partial charge on any atom is -0.340 e. The van der Waals surface area contributed by atoms with Crippen molar-refractivity contribution in [3.63, 3.8) is 0 Å². The van der Waals surface area contributed by atoms with Crippen LogP contribution < -0.4 is 5.32 Å². The van der Waals surface area contributed by atoms with Crippen molar-refractivity contribution in [1.82, 2.24) is 20.0 Å². The molecule has 2 aliphatic rings. The summed E-state index contributed by atoms with van der Waals surface area (Å²) in [6.45, 7) is 6.58. The number of piperazine rings is 2. The molecule has 0 radical (unpaired) electrons. The van der Waals surface area contributed by atoms with E-state index in [0.29, 0.717) is 31.6 Å². The van der Waals surface area contributed by atoms with E-state index in [-0.39, 0.29) is 16.8 Å². The van der Waals surface area contributed by atoms with Crippen molar-refractivity contribution in [3.05, 3.63) is 34.6 Å². The minimum atomic E-state index is -0.453. The number of hydrogen-bond donors (Lipinski definition) is 1. The first-order valence-corrected chi connectivity index (χ1v) is 9.37. The van der Waals surface area contributed by atoms with Crippen LogP contribution in [0.4, 0.5) is 4.39 Å². The molecule has 0 saturated carbocycles. The lowest BCUT2D eigenvalue weighted by Crippen LogP contribution is -2.50. The molecule has 0 spiro atoms. The van der Waals surface area contributed by atoms with Crippen LogP contribution in [-0.4, -0.2) is 85.4 Å². The highest BCUT2D eigenvalue weighted by atomic mass is 35.5. The third-order valence-electron chi connectivity index (χ3n) is 4.93. The molecule has 0 aromatic heterocycles. The number of benzene rings is 1. The second-order valence-corrected chi connectivity index (χ2v) is 7.05. The Labute approximate surface area is 157 Å². The quantitative estimate of drug-likeness (QED) is 0.846. The molecule has 0 aliphatic carbocycles. The van der Waals surface area contributed by atoms with Gasteiger partial charge in [0.2, 0.25) is 5.91 Å². The maximum atomic E-state index is 13.1. The number of rotatable bonds is 4. The Hall–Kier alpha value is -1.70. The summed E-state index contributed by atoms with van der Waals surface area (Å²) in [4.78, 5) is 30.6. The zero-order valence-electron chi connectivity index (χ0n) is 14.7. The number of carbonyl (C=O) groups is 2. The number of nitrogens with zero attached hydrogens (tertiary/aromatic N) is 3. The van der Waals surface area contributed by atoms with Gasteiger partial charge in [-0.05, 0) is 18.2 Å². The number of hydrogen-bond acceptors (Lipinski definition) is 4. The first kappa shape index (κ1) is 19.1. The maximum Gasteiger partial charge on any atom is 0.255 e. The summed E-state index contributed by atoms with van der Waals surface area (Å²) >= 11 is 5.99. The molecule has 2 amide bonds. The molecule has 1 aromatic rings. The van der Waals surface area contributed by atoms with E-state index in [1.807, 2.05) is 4.90 Å². The van der Waals surface area contributed by atoms with Crippen molar-refractivity contribution in [2.75, 3.05) is 58.9 Å². The van der Waals surface area contributed by atoms with E-state index in [0.717, 1.165) is 45.3 Å². The molecule has 0 atom stereocenters. The highest BCUT2D eigenvalue weighted by Gasteiger charge is 2.24. The van der Waals surface area contributed by atoms with Crippen LogP contribution in [-0.2, 0) is 4.79 Å². The molecule has 2 saturated heterocycles. The second kappa shape index (κ2) is 8.79. The van der Waals surface area contributed by atoms with Gasteiger partial charge in [0, 0.05) is 65.3 Å². The first-order chi connectivity index (χ1) is 12.5. The highest BCUT2D eigenvalue weighted by molar-refractivity contribution is 6.33. The van der Waals surface area contributed by atoms with Gasteiger partial charge in [0.25, 0.3) is 5.91 Å². The summed E-state index contributed by atoms with van der Waals surface area (Å²) in [7, 11) is 0. The van der Waals surface area contributed by atoms with Crippen molar-refractivity contribution in [1.29, 1.82) is 0 Å². The van der Waals surface area contributed by atoms with Crippen molar-refractivity contribution in [2.24, 2.45) is 0 Å². The van der Waals surface area contributed by atoms with Crippen LogP contribution in [0.25, 0.3) is 0 Å². The van der Waals surface area contributed by atoms with Gasteiger partial charge < -0.3 is 15.1 Å². The van der Waals surface area contributed by atoms with Crippen LogP contribution in [0.15, 0.2) is 18.2 Å². The van der Waals surface area contributed by atoms with Gasteiger partial charge in [-0.1, -0.05) is 11.6 Å². The van der Waals surface area contributed by atoms with Crippen LogP contribution in [0.2, 0.25) is 5.02 Å². The Bertz CT molecular complexity index is 659. The SMILES string of the molecule is O=C(CCN1CCN(C(=O)c2ccc(F)cc2Cl)CC1)N1CCNCC1. The van der Waals surface area contributed by atoms with Gasteiger partial charge in [-0.15, -0.1) is 0 Å². The van der Waals surface area contributed by atoms with E-state index >= 15 is 0 Å². The van der Waals surface area contributed by atoms with Gasteiger partial charge in [-0.25, -0.2) is 4.39 Å². The van der Waals surface area contributed by atoms with E-state index < -0.39 is 5.82 Å². The molecule has 0 bridgehead atoms. The Morgan fingerprint density at radius 1 is 1.04 bits per heavy atom. The zero-order valence-corrected chi connectivity index (χ0v) is 15.5. The smallest absolute Gasteiger partial charge is 0.255 e. The zero-order chi connectivity index (χ0) is 18.5. The van der Waals surface area contributed by atoms with Gasteiger partial charge in [-0.2, -0.15) is 0 Å². The molecule has 1 N–H and O–H groups in total. The Kier molecular flexibility index (Phi) is 6.45. The second-order valence-electron chi connectivity index (χ2n) is 6.64. The summed E-state index contributed by atoms with van der Waals surface area (Å²) in [6.07, 6.45) is 0.512. The van der Waals surface area contributed by atoms with Gasteiger partial charge >= 0.3 is 0 Å². The predicted octanol–water partition coefficient (Wildman–Crippen LogP) is 1.06. The van der Waals surface area contributed by atoms with Crippen molar-refractivity contribution in [2.45, 2.75) is 6.42 Å². The minimum absolute atomic E-state index is 0.138. The van der Waals surface area contributed by atoms with Crippen LogP contribution in [0, 0.1) is 5.82 Å². The first-order valence-electron chi connectivity index (χ1n) is 9.00. The largest absolute Gasteiger partial charge is 0.340 e. The average Bonchev–Trinajstić information content (AvgIpc) is 2.67. The fourth-order valence-electron chi connectivity index (χ4n) is 3.33. The molecule has 2 aliphatic heterocycles. The third-order valence-corrected chi connectivity index (χ3v) is 5.25. The van der Waals surface area contributed by atoms with Crippen LogP contribution in [0.1, 0.15) is 16.8 Å². The van der Waals surface area contributed by atoms with Crippen LogP contribution in [0.3, 0.4) is 0 Å². The predicted molar refractivity (Wildman–Crippen MR) is 97.8 cm³/mol. The topological polar surface area (TPSA) is 55.9 Å². The lowest BCUT2D eigenvalue weighted by Gasteiger charge is -2.35. The molecule has 8 heteroatoms. The van der Waals surface area contributed by atoms with Crippen molar-refractivity contribution < 1.29 is 14.0 Å². The lowest BCUT2D eigenvalue weighted by molar-refractivity contribution is -0.132. The summed E-state index contributed by atoms with van der Waals surface area (Å²) < 4.78 is 13.1. The molecular weight excluding hydrogens is 359 g/mol. The molecule has 3 rings (SSSR count). The average molecular weight is 383 g/mol. The van der Waals surface area contributed by atoms with E-state index in [1.165, 1.54) is 12.1 Å². The summed E-state index contributed by atoms with van der Waals surface area (Å²) in [5.41, 5.74) is 0.329. The molecule has 1 aromatic carbocycles. The fourth-order valence-corrected chi connectivity index (χ4v) is 3.58. The number of nitrogens with one attached hydrogen (secondary N) is 1. The van der Waals surface area contributed by atoms with Crippen molar-refractivity contribution in [3.8, 4) is 0 Å². The van der Waals surface area contributed by atoms with E-state index in [9.17, 15) is 14.0 Å². The molecule has 2 fully saturated rings. The normalized spacial score (nSPS) is 18.8. The molecule has 0 unspecified atom stereocenters. The molecule has 26 heavy (non-hydrogen) atoms. The van der Waals surface area contributed by atoms with Gasteiger partial charge in [0.15, 0.2) is 0 Å². The maximum absolute atomic E-state index is 13.1.